The zero-order valence-electron chi connectivity index (χ0n) is 32.2. The Morgan fingerprint density at radius 1 is 0.750 bits per heavy atom. The molecule has 0 aliphatic rings. The lowest BCUT2D eigenvalue weighted by atomic mass is 9.99. The maximum atomic E-state index is 10.4. The molecule has 0 saturated carbocycles. The van der Waals surface area contributed by atoms with Crippen molar-refractivity contribution in [2.24, 2.45) is 0 Å². The molecule has 0 aliphatic heterocycles. The van der Waals surface area contributed by atoms with Gasteiger partial charge in [0.1, 0.15) is 5.75 Å². The van der Waals surface area contributed by atoms with Gasteiger partial charge in [-0.1, -0.05) is 150 Å². The van der Waals surface area contributed by atoms with Crippen LogP contribution in [0.2, 0.25) is 0 Å². The van der Waals surface area contributed by atoms with Gasteiger partial charge in [-0.05, 0) is 69.7 Å². The second-order valence-corrected chi connectivity index (χ2v) is 9.37. The van der Waals surface area contributed by atoms with E-state index in [1.165, 1.54) is 17.6 Å². The highest BCUT2D eigenvalue weighted by Crippen LogP contribution is 2.22. The Labute approximate surface area is 274 Å². The Hall–Kier alpha value is -3.14. The summed E-state index contributed by atoms with van der Waals surface area (Å²) >= 11 is 0. The summed E-state index contributed by atoms with van der Waals surface area (Å²) in [5, 5.41) is 25.2. The fourth-order valence-electron chi connectivity index (χ4n) is 4.02. The molecule has 4 heteroatoms. The van der Waals surface area contributed by atoms with Crippen LogP contribution in [-0.4, -0.2) is 21.8 Å². The number of nitrogens with zero attached hydrogens (tertiary/aromatic N) is 2. The third-order valence-electron chi connectivity index (χ3n) is 5.72. The highest BCUT2D eigenvalue weighted by molar-refractivity contribution is 5.59. The number of hydrogen-bond donors (Lipinski definition) is 2. The van der Waals surface area contributed by atoms with E-state index in [1.54, 1.807) is 0 Å². The number of aryl methyl sites for hydroxylation is 2. The monoisotopic (exact) mass is 610 g/mol. The minimum atomic E-state index is 0.337. The van der Waals surface area contributed by atoms with Gasteiger partial charge in [0, 0.05) is 17.0 Å². The summed E-state index contributed by atoms with van der Waals surface area (Å²) in [5.74, 6) is 1.48. The quantitative estimate of drug-likeness (QED) is 0.292. The van der Waals surface area contributed by atoms with Crippen LogP contribution in [0, 0.1) is 13.8 Å². The molecule has 0 aliphatic carbocycles. The van der Waals surface area contributed by atoms with Gasteiger partial charge in [-0.2, -0.15) is 5.10 Å². The molecule has 3 aromatic rings. The lowest BCUT2D eigenvalue weighted by Gasteiger charge is -2.16. The zero-order valence-corrected chi connectivity index (χ0v) is 32.2. The van der Waals surface area contributed by atoms with Gasteiger partial charge in [-0.3, -0.25) is 0 Å². The van der Waals surface area contributed by atoms with Crippen LogP contribution in [0.4, 0.5) is 5.82 Å². The number of anilines is 1. The van der Waals surface area contributed by atoms with Gasteiger partial charge in [-0.25, -0.2) is 0 Å². The van der Waals surface area contributed by atoms with Crippen LogP contribution >= 0.6 is 0 Å². The molecule has 1 aromatic heterocycles. The van der Waals surface area contributed by atoms with Crippen molar-refractivity contribution in [1.82, 2.24) is 10.2 Å². The number of phenolic OH excluding ortho intramolecular Hbond substituents is 1. The number of aromatic hydroxyl groups is 1. The third kappa shape index (κ3) is 17.9. The van der Waals surface area contributed by atoms with Crippen LogP contribution in [0.5, 0.6) is 5.75 Å². The van der Waals surface area contributed by atoms with Gasteiger partial charge in [0.15, 0.2) is 5.82 Å². The van der Waals surface area contributed by atoms with Gasteiger partial charge in [-0.15, -0.1) is 5.10 Å². The topological polar surface area (TPSA) is 58.0 Å². The van der Waals surface area contributed by atoms with Crippen LogP contribution in [0.1, 0.15) is 146 Å². The number of nitrogens with one attached hydrogen (secondary N) is 1. The Morgan fingerprint density at radius 3 is 1.70 bits per heavy atom. The van der Waals surface area contributed by atoms with Crippen LogP contribution in [0.15, 0.2) is 48.5 Å². The summed E-state index contributed by atoms with van der Waals surface area (Å²) in [6.45, 7) is 37.6. The van der Waals surface area contributed by atoms with E-state index in [0.29, 0.717) is 18.1 Å². The Balaban J connectivity index is -0.000000541. The van der Waals surface area contributed by atoms with Crippen molar-refractivity contribution < 1.29 is 5.11 Å². The molecule has 0 spiro atoms. The molecule has 0 bridgehead atoms. The molecule has 0 radical (unpaired) electrons. The average Bonchev–Trinajstić information content (AvgIpc) is 3.06. The highest BCUT2D eigenvalue weighted by atomic mass is 16.3. The molecule has 3 rings (SSSR count). The second kappa shape index (κ2) is 31.3. The van der Waals surface area contributed by atoms with Crippen molar-refractivity contribution in [2.45, 2.75) is 143 Å². The summed E-state index contributed by atoms with van der Waals surface area (Å²) in [5.41, 5.74) is 6.54. The number of hydrogen-bond acceptors (Lipinski definition) is 4. The van der Waals surface area contributed by atoms with E-state index in [4.69, 9.17) is 0 Å². The number of rotatable bonds is 6. The molecule has 252 valence electrons. The lowest BCUT2D eigenvalue weighted by molar-refractivity contribution is 0.469. The summed E-state index contributed by atoms with van der Waals surface area (Å²) in [4.78, 5) is 0. The van der Waals surface area contributed by atoms with Gasteiger partial charge in [0.25, 0.3) is 0 Å². The fourth-order valence-corrected chi connectivity index (χ4v) is 4.02. The Kier molecular flexibility index (Phi) is 34.0. The van der Waals surface area contributed by atoms with Gasteiger partial charge >= 0.3 is 0 Å². The van der Waals surface area contributed by atoms with Crippen LogP contribution in [-0.2, 0) is 6.42 Å². The predicted molar refractivity (Wildman–Crippen MR) is 202 cm³/mol. The van der Waals surface area contributed by atoms with E-state index < -0.39 is 0 Å². The van der Waals surface area contributed by atoms with Crippen molar-refractivity contribution in [2.75, 3.05) is 11.9 Å². The van der Waals surface area contributed by atoms with E-state index in [9.17, 15) is 5.11 Å². The van der Waals surface area contributed by atoms with E-state index in [2.05, 4.69) is 81.3 Å². The van der Waals surface area contributed by atoms with E-state index in [0.717, 1.165) is 45.2 Å². The first-order valence-corrected chi connectivity index (χ1v) is 17.3. The van der Waals surface area contributed by atoms with E-state index >= 15 is 0 Å². The predicted octanol–water partition coefficient (Wildman–Crippen LogP) is 11.2. The molecule has 2 N–H and O–H groups in total. The molecule has 4 nitrogen and oxygen atoms in total. The molecule has 2 aromatic carbocycles. The first-order valence-electron chi connectivity index (χ1n) is 17.3. The highest BCUT2D eigenvalue weighted by Gasteiger charge is 2.12. The minimum Gasteiger partial charge on any atom is -0.508 e. The smallest absolute Gasteiger partial charge is 0.156 e. The summed E-state index contributed by atoms with van der Waals surface area (Å²) < 4.78 is 0. The molecule has 0 fully saturated rings. The lowest BCUT2D eigenvalue weighted by Crippen LogP contribution is -2.37. The normalized spacial score (nSPS) is 10.2. The summed E-state index contributed by atoms with van der Waals surface area (Å²) in [6, 6.07) is 16.3. The summed E-state index contributed by atoms with van der Waals surface area (Å²) in [7, 11) is 0. The molecule has 44 heavy (non-hydrogen) atoms. The molecule has 1 heterocycles. The molecule has 1 atom stereocenters. The zero-order chi connectivity index (χ0) is 35.3. The number of benzene rings is 2. The molecule has 0 saturated heterocycles. The molecular weight excluding hydrogens is 538 g/mol. The fraction of sp³-hybridized carbons (Fsp3) is 0.550. The standard InChI is InChI=1S/C27H33N3O.C3H8.5C2H6/c1-17(2)25-21(6)29-30-27(28-16-20(5)22-10-8-7-9-11-22)26(25)19(4)15-23-13-12-18(3)14-24(23)31;1-3-2;5*1-2/h7-14,20,31H,15-16H2,1-6H3,(H,28,30);3H2,1-2H3;5*1-2H3/b26-19+;;;;;;. The van der Waals surface area contributed by atoms with Crippen molar-refractivity contribution in [3.05, 3.63) is 81.4 Å². The minimum absolute atomic E-state index is 0.337. The van der Waals surface area contributed by atoms with Crippen molar-refractivity contribution in [3.8, 4) is 5.75 Å². The summed E-state index contributed by atoms with van der Waals surface area (Å²) in [6.07, 6.45) is 1.90. The van der Waals surface area contributed by atoms with Gasteiger partial charge < -0.3 is 10.4 Å². The molecular formula is C40H71N3O. The van der Waals surface area contributed by atoms with Crippen molar-refractivity contribution >= 4 is 17.0 Å². The number of aromatic nitrogens is 2. The molecule has 0 amide bonds. The third-order valence-corrected chi connectivity index (χ3v) is 5.72. The van der Waals surface area contributed by atoms with E-state index in [1.807, 2.05) is 107 Å². The Morgan fingerprint density at radius 2 is 1.25 bits per heavy atom. The largest absolute Gasteiger partial charge is 0.508 e. The first-order chi connectivity index (χ1) is 21.2. The SMILES string of the molecule is CC.CC.CC.CC.CC.CC(C)=c1c(C)nnc(NCC(C)c2ccccc2)/c1=C(\C)Cc1ccc(C)cc1O.CCC. The number of phenols is 1. The van der Waals surface area contributed by atoms with Crippen molar-refractivity contribution in [3.63, 3.8) is 0 Å². The second-order valence-electron chi connectivity index (χ2n) is 9.37. The van der Waals surface area contributed by atoms with Crippen LogP contribution < -0.4 is 15.8 Å². The molecule has 1 unspecified atom stereocenters. The Bertz CT molecular complexity index is 1200. The maximum absolute atomic E-state index is 10.4. The van der Waals surface area contributed by atoms with Gasteiger partial charge in [0.2, 0.25) is 0 Å². The van der Waals surface area contributed by atoms with Crippen LogP contribution in [0.3, 0.4) is 0 Å². The van der Waals surface area contributed by atoms with Crippen LogP contribution in [0.25, 0.3) is 11.1 Å². The average molecular weight is 610 g/mol. The maximum Gasteiger partial charge on any atom is 0.156 e. The van der Waals surface area contributed by atoms with Gasteiger partial charge in [0.05, 0.1) is 5.69 Å². The van der Waals surface area contributed by atoms with Crippen molar-refractivity contribution in [1.29, 1.82) is 0 Å². The van der Waals surface area contributed by atoms with E-state index in [-0.39, 0.29) is 0 Å². The first kappa shape index (κ1) is 47.8.